The summed E-state index contributed by atoms with van der Waals surface area (Å²) in [5, 5.41) is 8.18. The minimum Gasteiger partial charge on any atom is -0.487 e. The monoisotopic (exact) mass is 401 g/mol. The Morgan fingerprint density at radius 3 is 2.48 bits per heavy atom. The maximum Gasteiger partial charge on any atom is 0.416 e. The Morgan fingerprint density at radius 1 is 1.07 bits per heavy atom. The van der Waals surface area contributed by atoms with Crippen molar-refractivity contribution in [2.45, 2.75) is 12.8 Å². The van der Waals surface area contributed by atoms with E-state index in [1.807, 2.05) is 0 Å². The van der Waals surface area contributed by atoms with Crippen LogP contribution in [0.15, 0.2) is 59.5 Å². The van der Waals surface area contributed by atoms with Gasteiger partial charge >= 0.3 is 6.18 Å². The van der Waals surface area contributed by atoms with E-state index in [9.17, 15) is 13.2 Å². The van der Waals surface area contributed by atoms with Crippen LogP contribution in [0.2, 0.25) is 0 Å². The molecule has 0 fully saturated rings. The van der Waals surface area contributed by atoms with Crippen LogP contribution in [0.4, 0.5) is 13.2 Å². The Hall–Kier alpha value is -3.69. The highest BCUT2D eigenvalue weighted by Gasteiger charge is 2.30. The molecule has 0 aliphatic carbocycles. The second-order valence-electron chi connectivity index (χ2n) is 6.10. The number of aromatic nitrogens is 5. The average molecular weight is 401 g/mol. The molecule has 0 atom stereocenters. The highest BCUT2D eigenvalue weighted by Crippen LogP contribution is 2.31. The molecular formula is C19H14F3N5O2. The maximum absolute atomic E-state index is 12.7. The van der Waals surface area contributed by atoms with E-state index in [0.717, 1.165) is 17.7 Å². The Labute approximate surface area is 162 Å². The summed E-state index contributed by atoms with van der Waals surface area (Å²) in [6, 6.07) is 7.98. The van der Waals surface area contributed by atoms with Gasteiger partial charge in [0, 0.05) is 25.0 Å². The molecule has 10 heteroatoms. The molecule has 0 aliphatic heterocycles. The van der Waals surface area contributed by atoms with Gasteiger partial charge in [-0.15, -0.1) is 0 Å². The molecule has 4 aromatic rings. The van der Waals surface area contributed by atoms with Crippen LogP contribution in [-0.2, 0) is 19.8 Å². The van der Waals surface area contributed by atoms with Crippen LogP contribution < -0.4 is 4.74 Å². The van der Waals surface area contributed by atoms with Crippen molar-refractivity contribution in [1.82, 2.24) is 24.9 Å². The second-order valence-corrected chi connectivity index (χ2v) is 6.10. The predicted molar refractivity (Wildman–Crippen MR) is 95.5 cm³/mol. The first-order valence-electron chi connectivity index (χ1n) is 8.47. The minimum absolute atomic E-state index is 0.0658. The van der Waals surface area contributed by atoms with Gasteiger partial charge in [-0.1, -0.05) is 5.16 Å². The molecule has 0 saturated carbocycles. The zero-order valence-corrected chi connectivity index (χ0v) is 15.1. The molecule has 29 heavy (non-hydrogen) atoms. The van der Waals surface area contributed by atoms with Gasteiger partial charge in [-0.25, -0.2) is 0 Å². The molecular weight excluding hydrogens is 387 g/mol. The van der Waals surface area contributed by atoms with Gasteiger partial charge in [0.1, 0.15) is 12.4 Å². The molecule has 0 N–H and O–H groups in total. The lowest BCUT2D eigenvalue weighted by Gasteiger charge is -2.10. The first-order chi connectivity index (χ1) is 13.9. The fourth-order valence-electron chi connectivity index (χ4n) is 2.66. The number of alkyl halides is 3. The number of benzene rings is 1. The van der Waals surface area contributed by atoms with Crippen LogP contribution >= 0.6 is 0 Å². The SMILES string of the molecule is Cn1ncc(-c2noc(-c3ccncc3)n2)c1COc1ccc(C(F)(F)F)cc1. The number of pyridine rings is 1. The normalized spacial score (nSPS) is 11.6. The average Bonchev–Trinajstić information content (AvgIpc) is 3.33. The summed E-state index contributed by atoms with van der Waals surface area (Å²) in [6.45, 7) is 0.0658. The summed E-state index contributed by atoms with van der Waals surface area (Å²) in [7, 11) is 1.72. The smallest absolute Gasteiger partial charge is 0.416 e. The van der Waals surface area contributed by atoms with Gasteiger partial charge in [0.25, 0.3) is 5.89 Å². The summed E-state index contributed by atoms with van der Waals surface area (Å²) in [5.41, 5.74) is 1.24. The van der Waals surface area contributed by atoms with E-state index in [2.05, 4.69) is 20.2 Å². The van der Waals surface area contributed by atoms with Crippen molar-refractivity contribution >= 4 is 0 Å². The number of rotatable bonds is 5. The molecule has 0 amide bonds. The van der Waals surface area contributed by atoms with Gasteiger partial charge in [-0.2, -0.15) is 23.3 Å². The number of aryl methyl sites for hydroxylation is 1. The summed E-state index contributed by atoms with van der Waals surface area (Å²) in [5.74, 6) is 0.965. The zero-order valence-electron chi connectivity index (χ0n) is 15.1. The molecule has 0 spiro atoms. The minimum atomic E-state index is -4.39. The molecule has 3 aromatic heterocycles. The van der Waals surface area contributed by atoms with E-state index in [4.69, 9.17) is 9.26 Å². The van der Waals surface area contributed by atoms with Crippen molar-refractivity contribution in [3.05, 3.63) is 66.2 Å². The van der Waals surface area contributed by atoms with E-state index in [0.29, 0.717) is 28.7 Å². The van der Waals surface area contributed by atoms with E-state index < -0.39 is 11.7 Å². The third-order valence-corrected chi connectivity index (χ3v) is 4.21. The molecule has 0 bridgehead atoms. The van der Waals surface area contributed by atoms with Crippen molar-refractivity contribution in [2.75, 3.05) is 0 Å². The molecule has 3 heterocycles. The quantitative estimate of drug-likeness (QED) is 0.500. The molecule has 4 rings (SSSR count). The lowest BCUT2D eigenvalue weighted by Crippen LogP contribution is -2.06. The van der Waals surface area contributed by atoms with Crippen LogP contribution in [0.5, 0.6) is 5.75 Å². The topological polar surface area (TPSA) is 78.9 Å². The zero-order chi connectivity index (χ0) is 20.4. The number of ether oxygens (including phenoxy) is 1. The Kier molecular flexibility index (Phi) is 4.75. The summed E-state index contributed by atoms with van der Waals surface area (Å²) in [6.07, 6.45) is 0.421. The van der Waals surface area contributed by atoms with Crippen molar-refractivity contribution in [1.29, 1.82) is 0 Å². The third-order valence-electron chi connectivity index (χ3n) is 4.21. The lowest BCUT2D eigenvalue weighted by atomic mass is 10.2. The fourth-order valence-corrected chi connectivity index (χ4v) is 2.66. The number of nitrogens with zero attached hydrogens (tertiary/aromatic N) is 5. The number of hydrogen-bond acceptors (Lipinski definition) is 6. The molecule has 0 unspecified atom stereocenters. The van der Waals surface area contributed by atoms with Crippen molar-refractivity contribution < 1.29 is 22.4 Å². The van der Waals surface area contributed by atoms with E-state index in [-0.39, 0.29) is 6.61 Å². The maximum atomic E-state index is 12.7. The molecule has 7 nitrogen and oxygen atoms in total. The van der Waals surface area contributed by atoms with E-state index in [1.165, 1.54) is 12.1 Å². The molecule has 1 aromatic carbocycles. The molecule has 0 aliphatic rings. The summed E-state index contributed by atoms with van der Waals surface area (Å²) in [4.78, 5) is 8.32. The Bertz CT molecular complexity index is 1110. The van der Waals surface area contributed by atoms with Crippen molar-refractivity contribution in [3.8, 4) is 28.6 Å². The Balaban J connectivity index is 1.53. The van der Waals surface area contributed by atoms with E-state index in [1.54, 1.807) is 42.5 Å². The number of halogens is 3. The van der Waals surface area contributed by atoms with Gasteiger partial charge in [-0.05, 0) is 36.4 Å². The van der Waals surface area contributed by atoms with Crippen LogP contribution in [0.25, 0.3) is 22.8 Å². The summed E-state index contributed by atoms with van der Waals surface area (Å²) >= 11 is 0. The van der Waals surface area contributed by atoms with Crippen LogP contribution in [-0.4, -0.2) is 24.9 Å². The fraction of sp³-hybridized carbons (Fsp3) is 0.158. The highest BCUT2D eigenvalue weighted by molar-refractivity contribution is 5.60. The van der Waals surface area contributed by atoms with Crippen LogP contribution in [0.1, 0.15) is 11.3 Å². The summed E-state index contributed by atoms with van der Waals surface area (Å²) < 4.78 is 50.5. The van der Waals surface area contributed by atoms with Crippen molar-refractivity contribution in [2.24, 2.45) is 7.05 Å². The first kappa shape index (κ1) is 18.7. The van der Waals surface area contributed by atoms with Gasteiger partial charge in [-0.3, -0.25) is 9.67 Å². The van der Waals surface area contributed by atoms with E-state index >= 15 is 0 Å². The lowest BCUT2D eigenvalue weighted by molar-refractivity contribution is -0.137. The number of hydrogen-bond donors (Lipinski definition) is 0. The van der Waals surface area contributed by atoms with Crippen LogP contribution in [0.3, 0.4) is 0 Å². The predicted octanol–water partition coefficient (Wildman–Crippen LogP) is 4.13. The van der Waals surface area contributed by atoms with Gasteiger partial charge in [0.15, 0.2) is 0 Å². The largest absolute Gasteiger partial charge is 0.487 e. The Morgan fingerprint density at radius 2 is 1.79 bits per heavy atom. The van der Waals surface area contributed by atoms with Crippen molar-refractivity contribution in [3.63, 3.8) is 0 Å². The highest BCUT2D eigenvalue weighted by atomic mass is 19.4. The van der Waals surface area contributed by atoms with Gasteiger partial charge in [0.05, 0.1) is 23.0 Å². The molecule has 148 valence electrons. The standard InChI is InChI=1S/C19H14F3N5O2/c1-27-16(11-28-14-4-2-13(3-5-14)19(20,21)22)15(10-24-27)17-25-18(29-26-17)12-6-8-23-9-7-12/h2-10H,11H2,1H3. The third kappa shape index (κ3) is 3.96. The molecule has 0 saturated heterocycles. The van der Waals surface area contributed by atoms with Gasteiger partial charge in [0.2, 0.25) is 5.82 Å². The molecule has 0 radical (unpaired) electrons. The van der Waals surface area contributed by atoms with Gasteiger partial charge < -0.3 is 9.26 Å². The second kappa shape index (κ2) is 7.38. The van der Waals surface area contributed by atoms with Crippen LogP contribution in [0, 0.1) is 0 Å². The first-order valence-corrected chi connectivity index (χ1v) is 8.47.